The van der Waals surface area contributed by atoms with Gasteiger partial charge in [0, 0.05) is 24.1 Å². The standard InChI is InChI=1S/C9H17NO2S/c1-8(6-9(11)12)7-13-5-4-10(2)3/h6H,4-5,7H2,1-3H3,(H,11,12). The summed E-state index contributed by atoms with van der Waals surface area (Å²) in [6, 6.07) is 0. The molecule has 0 unspecified atom stereocenters. The van der Waals surface area contributed by atoms with Crippen LogP contribution in [-0.2, 0) is 4.79 Å². The van der Waals surface area contributed by atoms with Gasteiger partial charge in [-0.3, -0.25) is 0 Å². The van der Waals surface area contributed by atoms with Gasteiger partial charge in [0.1, 0.15) is 0 Å². The highest BCUT2D eigenvalue weighted by Gasteiger charge is 1.95. The molecule has 0 aromatic carbocycles. The van der Waals surface area contributed by atoms with Crippen LogP contribution in [0.1, 0.15) is 6.92 Å². The molecule has 0 aliphatic heterocycles. The number of aliphatic carboxylic acids is 1. The first-order chi connectivity index (χ1) is 6.02. The normalized spacial score (nSPS) is 12.2. The Hall–Kier alpha value is -0.480. The Bertz CT molecular complexity index is 190. The average Bonchev–Trinajstić information content (AvgIpc) is 1.96. The Morgan fingerprint density at radius 1 is 1.54 bits per heavy atom. The smallest absolute Gasteiger partial charge is 0.328 e. The van der Waals surface area contributed by atoms with Gasteiger partial charge in [0.15, 0.2) is 0 Å². The van der Waals surface area contributed by atoms with Gasteiger partial charge in [-0.25, -0.2) is 4.79 Å². The first-order valence-corrected chi connectivity index (χ1v) is 5.30. The minimum absolute atomic E-state index is 0.806. The van der Waals surface area contributed by atoms with Gasteiger partial charge in [0.25, 0.3) is 0 Å². The van der Waals surface area contributed by atoms with Gasteiger partial charge in [-0.15, -0.1) is 0 Å². The van der Waals surface area contributed by atoms with E-state index in [2.05, 4.69) is 4.90 Å². The van der Waals surface area contributed by atoms with Gasteiger partial charge in [-0.05, 0) is 21.0 Å². The van der Waals surface area contributed by atoms with Crippen molar-refractivity contribution in [2.24, 2.45) is 0 Å². The third kappa shape index (κ3) is 9.43. The van der Waals surface area contributed by atoms with Gasteiger partial charge in [0.05, 0.1) is 0 Å². The van der Waals surface area contributed by atoms with Crippen molar-refractivity contribution in [3.63, 3.8) is 0 Å². The summed E-state index contributed by atoms with van der Waals surface area (Å²) in [7, 11) is 4.06. The van der Waals surface area contributed by atoms with Crippen molar-refractivity contribution in [3.8, 4) is 0 Å². The zero-order valence-corrected chi connectivity index (χ0v) is 9.23. The van der Waals surface area contributed by atoms with Gasteiger partial charge < -0.3 is 10.0 Å². The van der Waals surface area contributed by atoms with E-state index in [-0.39, 0.29) is 0 Å². The van der Waals surface area contributed by atoms with Crippen LogP contribution in [0.4, 0.5) is 0 Å². The van der Waals surface area contributed by atoms with Crippen LogP contribution < -0.4 is 0 Å². The quantitative estimate of drug-likeness (QED) is 0.522. The summed E-state index contributed by atoms with van der Waals surface area (Å²) in [5, 5.41) is 8.43. The molecular weight excluding hydrogens is 186 g/mol. The van der Waals surface area contributed by atoms with Crippen LogP contribution >= 0.6 is 11.8 Å². The van der Waals surface area contributed by atoms with E-state index in [1.165, 1.54) is 6.08 Å². The van der Waals surface area contributed by atoms with E-state index in [4.69, 9.17) is 5.11 Å². The highest BCUT2D eigenvalue weighted by atomic mass is 32.2. The summed E-state index contributed by atoms with van der Waals surface area (Å²) in [4.78, 5) is 12.4. The number of carboxylic acid groups (broad SMARTS) is 1. The molecule has 0 fully saturated rings. The average molecular weight is 203 g/mol. The lowest BCUT2D eigenvalue weighted by molar-refractivity contribution is -0.131. The Balaban J connectivity index is 3.48. The number of rotatable bonds is 6. The minimum Gasteiger partial charge on any atom is -0.478 e. The molecule has 0 aliphatic rings. The van der Waals surface area contributed by atoms with Crippen LogP contribution in [0.15, 0.2) is 11.6 Å². The number of carbonyl (C=O) groups is 1. The summed E-state index contributed by atoms with van der Waals surface area (Å²) in [6.07, 6.45) is 1.27. The molecule has 0 amide bonds. The van der Waals surface area contributed by atoms with Crippen molar-refractivity contribution >= 4 is 17.7 Å². The largest absolute Gasteiger partial charge is 0.478 e. The van der Waals surface area contributed by atoms with Crippen molar-refractivity contribution in [1.29, 1.82) is 0 Å². The predicted octanol–water partition coefficient (Wildman–Crippen LogP) is 1.31. The predicted molar refractivity (Wildman–Crippen MR) is 57.3 cm³/mol. The summed E-state index contributed by atoms with van der Waals surface area (Å²) in [5.74, 6) is 0.989. The second-order valence-corrected chi connectivity index (χ2v) is 4.29. The van der Waals surface area contributed by atoms with E-state index in [9.17, 15) is 4.79 Å². The second kappa shape index (κ2) is 6.97. The summed E-state index contributed by atoms with van der Waals surface area (Å²) in [5.41, 5.74) is 0.913. The number of carboxylic acids is 1. The number of thioether (sulfide) groups is 1. The summed E-state index contributed by atoms with van der Waals surface area (Å²) < 4.78 is 0. The molecule has 0 radical (unpaired) electrons. The molecule has 0 bridgehead atoms. The molecule has 0 aromatic heterocycles. The van der Waals surface area contributed by atoms with Crippen LogP contribution in [0, 0.1) is 0 Å². The van der Waals surface area contributed by atoms with E-state index < -0.39 is 5.97 Å². The molecular formula is C9H17NO2S. The van der Waals surface area contributed by atoms with Crippen LogP contribution in [0.25, 0.3) is 0 Å². The molecule has 0 aromatic rings. The fourth-order valence-corrected chi connectivity index (χ4v) is 1.78. The highest BCUT2D eigenvalue weighted by Crippen LogP contribution is 2.06. The molecule has 13 heavy (non-hydrogen) atoms. The molecule has 3 nitrogen and oxygen atoms in total. The number of hydrogen-bond acceptors (Lipinski definition) is 3. The van der Waals surface area contributed by atoms with Crippen LogP contribution in [0.3, 0.4) is 0 Å². The summed E-state index contributed by atoms with van der Waals surface area (Å²) >= 11 is 1.76. The van der Waals surface area contributed by atoms with Gasteiger partial charge in [0.2, 0.25) is 0 Å². The molecule has 1 N–H and O–H groups in total. The Kier molecular flexibility index (Phi) is 6.72. The van der Waals surface area contributed by atoms with E-state index in [1.807, 2.05) is 21.0 Å². The first kappa shape index (κ1) is 12.5. The monoisotopic (exact) mass is 203 g/mol. The molecule has 4 heteroatoms. The lowest BCUT2D eigenvalue weighted by Gasteiger charge is -2.08. The lowest BCUT2D eigenvalue weighted by Crippen LogP contribution is -2.15. The zero-order valence-electron chi connectivity index (χ0n) is 8.41. The zero-order chi connectivity index (χ0) is 10.3. The second-order valence-electron chi connectivity index (χ2n) is 3.18. The number of hydrogen-bond donors (Lipinski definition) is 1. The van der Waals surface area contributed by atoms with Crippen LogP contribution in [-0.4, -0.2) is 48.1 Å². The maximum absolute atomic E-state index is 10.3. The third-order valence-electron chi connectivity index (χ3n) is 1.38. The Labute approximate surface area is 83.8 Å². The van der Waals surface area contributed by atoms with Crippen molar-refractivity contribution in [2.45, 2.75) is 6.92 Å². The molecule has 0 saturated carbocycles. The summed E-state index contributed by atoms with van der Waals surface area (Å²) in [6.45, 7) is 2.88. The van der Waals surface area contributed by atoms with Crippen LogP contribution in [0.2, 0.25) is 0 Å². The van der Waals surface area contributed by atoms with Crippen molar-refractivity contribution < 1.29 is 9.90 Å². The SMILES string of the molecule is CC(=CC(=O)O)CSCCN(C)C. The van der Waals surface area contributed by atoms with Gasteiger partial charge in [-0.2, -0.15) is 11.8 Å². The topological polar surface area (TPSA) is 40.5 Å². The fraction of sp³-hybridized carbons (Fsp3) is 0.667. The molecule has 0 aliphatic carbocycles. The van der Waals surface area contributed by atoms with Crippen LogP contribution in [0.5, 0.6) is 0 Å². The molecule has 0 atom stereocenters. The molecule has 0 saturated heterocycles. The number of nitrogens with zero attached hydrogens (tertiary/aromatic N) is 1. The van der Waals surface area contributed by atoms with Crippen molar-refractivity contribution in [3.05, 3.63) is 11.6 Å². The highest BCUT2D eigenvalue weighted by molar-refractivity contribution is 7.99. The van der Waals surface area contributed by atoms with Crippen molar-refractivity contribution in [1.82, 2.24) is 4.90 Å². The minimum atomic E-state index is -0.856. The lowest BCUT2D eigenvalue weighted by atomic mass is 10.3. The molecule has 76 valence electrons. The first-order valence-electron chi connectivity index (χ1n) is 4.15. The van der Waals surface area contributed by atoms with E-state index in [1.54, 1.807) is 11.8 Å². The third-order valence-corrected chi connectivity index (χ3v) is 2.51. The molecule has 0 heterocycles. The van der Waals surface area contributed by atoms with E-state index in [0.717, 1.165) is 23.6 Å². The van der Waals surface area contributed by atoms with Gasteiger partial charge in [-0.1, -0.05) is 5.57 Å². The maximum Gasteiger partial charge on any atom is 0.328 e. The van der Waals surface area contributed by atoms with Crippen molar-refractivity contribution in [2.75, 3.05) is 32.1 Å². The fourth-order valence-electron chi connectivity index (χ4n) is 0.733. The maximum atomic E-state index is 10.3. The molecule has 0 rings (SSSR count). The van der Waals surface area contributed by atoms with Gasteiger partial charge >= 0.3 is 5.97 Å². The Morgan fingerprint density at radius 2 is 2.15 bits per heavy atom. The Morgan fingerprint density at radius 3 is 2.62 bits per heavy atom. The van der Waals surface area contributed by atoms with E-state index in [0.29, 0.717) is 0 Å². The van der Waals surface area contributed by atoms with E-state index >= 15 is 0 Å². The molecule has 0 spiro atoms.